The molecule has 6 heteroatoms. The van der Waals surface area contributed by atoms with Gasteiger partial charge in [0, 0.05) is 33.8 Å². The molecule has 0 bridgehead atoms. The van der Waals surface area contributed by atoms with Crippen molar-refractivity contribution in [2.24, 2.45) is 0 Å². The number of nitrogens with one attached hydrogen (secondary N) is 3. The number of fused-ring (bicyclic) bond motifs is 1. The summed E-state index contributed by atoms with van der Waals surface area (Å²) in [5.41, 5.74) is 2.75. The molecule has 122 valence electrons. The predicted octanol–water partition coefficient (Wildman–Crippen LogP) is 3.23. The Morgan fingerprint density at radius 1 is 1.00 bits per heavy atom. The molecular weight excluding hydrogens is 370 g/mol. The summed E-state index contributed by atoms with van der Waals surface area (Å²) in [5.74, 6) is -1.31. The highest BCUT2D eigenvalue weighted by Crippen LogP contribution is 2.17. The van der Waals surface area contributed by atoms with Crippen LogP contribution in [0.25, 0.3) is 10.9 Å². The van der Waals surface area contributed by atoms with Crippen LogP contribution in [0.5, 0.6) is 0 Å². The molecule has 2 aromatic carbocycles. The van der Waals surface area contributed by atoms with Gasteiger partial charge in [0.1, 0.15) is 0 Å². The topological polar surface area (TPSA) is 74.0 Å². The smallest absolute Gasteiger partial charge is 0.313 e. The van der Waals surface area contributed by atoms with E-state index < -0.39 is 11.8 Å². The lowest BCUT2D eigenvalue weighted by Gasteiger charge is -2.06. The summed E-state index contributed by atoms with van der Waals surface area (Å²) in [5, 5.41) is 6.34. The predicted molar refractivity (Wildman–Crippen MR) is 97.8 cm³/mol. The Balaban J connectivity index is 1.51. The first kappa shape index (κ1) is 16.3. The van der Waals surface area contributed by atoms with Crippen LogP contribution in [0.1, 0.15) is 5.56 Å². The van der Waals surface area contributed by atoms with Gasteiger partial charge < -0.3 is 15.6 Å². The molecule has 3 aromatic rings. The summed E-state index contributed by atoms with van der Waals surface area (Å²) in [4.78, 5) is 26.9. The molecule has 0 atom stereocenters. The van der Waals surface area contributed by atoms with Crippen LogP contribution in [-0.2, 0) is 16.0 Å². The monoisotopic (exact) mass is 385 g/mol. The van der Waals surface area contributed by atoms with E-state index in [9.17, 15) is 9.59 Å². The van der Waals surface area contributed by atoms with Crippen LogP contribution in [0.2, 0.25) is 0 Å². The molecule has 0 unspecified atom stereocenters. The number of aromatic nitrogens is 1. The van der Waals surface area contributed by atoms with Crippen molar-refractivity contribution in [3.63, 3.8) is 0 Å². The minimum atomic E-state index is -0.670. The maximum Gasteiger partial charge on any atom is 0.313 e. The molecule has 3 rings (SSSR count). The molecule has 2 amide bonds. The van der Waals surface area contributed by atoms with Crippen molar-refractivity contribution in [1.29, 1.82) is 0 Å². The number of hydrogen-bond donors (Lipinski definition) is 3. The third-order valence-electron chi connectivity index (χ3n) is 3.66. The zero-order valence-electron chi connectivity index (χ0n) is 12.8. The van der Waals surface area contributed by atoms with Gasteiger partial charge in [0.05, 0.1) is 0 Å². The molecule has 3 N–H and O–H groups in total. The Kier molecular flexibility index (Phi) is 4.96. The number of benzene rings is 2. The molecule has 5 nitrogen and oxygen atoms in total. The van der Waals surface area contributed by atoms with Gasteiger partial charge in [0.15, 0.2) is 0 Å². The highest BCUT2D eigenvalue weighted by Gasteiger charge is 2.13. The summed E-state index contributed by atoms with van der Waals surface area (Å²) in [6, 6.07) is 15.0. The quantitative estimate of drug-likeness (QED) is 0.603. The van der Waals surface area contributed by atoms with Gasteiger partial charge in [0.25, 0.3) is 0 Å². The molecule has 0 spiro atoms. The third kappa shape index (κ3) is 3.83. The molecule has 0 radical (unpaired) electrons. The number of carbonyl (C=O) groups excluding carboxylic acids is 2. The maximum atomic E-state index is 11.9. The number of hydrogen-bond acceptors (Lipinski definition) is 2. The Morgan fingerprint density at radius 3 is 2.54 bits per heavy atom. The highest BCUT2D eigenvalue weighted by atomic mass is 79.9. The SMILES string of the molecule is O=C(NCCc1c[nH]c2ccccc12)C(=O)Nc1ccc(Br)cc1. The molecule has 0 aliphatic carbocycles. The third-order valence-corrected chi connectivity index (χ3v) is 4.19. The molecule has 24 heavy (non-hydrogen) atoms. The minimum absolute atomic E-state index is 0.397. The number of aromatic amines is 1. The van der Waals surface area contributed by atoms with Crippen molar-refractivity contribution < 1.29 is 9.59 Å². The van der Waals surface area contributed by atoms with Gasteiger partial charge in [-0.25, -0.2) is 0 Å². The van der Waals surface area contributed by atoms with Crippen LogP contribution in [0.3, 0.4) is 0 Å². The van der Waals surface area contributed by atoms with E-state index in [1.165, 1.54) is 0 Å². The molecule has 0 saturated carbocycles. The number of carbonyl (C=O) groups is 2. The van der Waals surface area contributed by atoms with Crippen LogP contribution in [0, 0.1) is 0 Å². The van der Waals surface area contributed by atoms with E-state index in [-0.39, 0.29) is 0 Å². The lowest BCUT2D eigenvalue weighted by atomic mass is 10.1. The standard InChI is InChI=1S/C18H16BrN3O2/c19-13-5-7-14(8-6-13)22-18(24)17(23)20-10-9-12-11-21-16-4-2-1-3-15(12)16/h1-8,11,21H,9-10H2,(H,20,23)(H,22,24). The molecule has 0 saturated heterocycles. The average molecular weight is 386 g/mol. The van der Waals surface area contributed by atoms with E-state index in [4.69, 9.17) is 0 Å². The summed E-state index contributed by atoms with van der Waals surface area (Å²) < 4.78 is 0.906. The summed E-state index contributed by atoms with van der Waals surface area (Å²) >= 11 is 3.32. The zero-order valence-corrected chi connectivity index (χ0v) is 14.4. The van der Waals surface area contributed by atoms with Crippen LogP contribution in [0.15, 0.2) is 59.2 Å². The fourth-order valence-corrected chi connectivity index (χ4v) is 2.71. The molecule has 0 aliphatic rings. The van der Waals surface area contributed by atoms with Crippen LogP contribution in [-0.4, -0.2) is 23.3 Å². The fraction of sp³-hybridized carbons (Fsp3) is 0.111. The number of amides is 2. The van der Waals surface area contributed by atoms with Crippen molar-refractivity contribution >= 4 is 44.3 Å². The molecule has 0 fully saturated rings. The van der Waals surface area contributed by atoms with E-state index in [0.717, 1.165) is 20.9 Å². The molecule has 0 aliphatic heterocycles. The second-order valence-corrected chi connectivity index (χ2v) is 6.24. The van der Waals surface area contributed by atoms with Gasteiger partial charge in [0.2, 0.25) is 0 Å². The van der Waals surface area contributed by atoms with E-state index in [2.05, 4.69) is 31.5 Å². The Hall–Kier alpha value is -2.60. The van der Waals surface area contributed by atoms with Gasteiger partial charge in [-0.3, -0.25) is 9.59 Å². The zero-order chi connectivity index (χ0) is 16.9. The van der Waals surface area contributed by atoms with E-state index in [0.29, 0.717) is 18.7 Å². The number of rotatable bonds is 4. The second-order valence-electron chi connectivity index (χ2n) is 5.33. The van der Waals surface area contributed by atoms with Crippen molar-refractivity contribution in [3.05, 3.63) is 64.8 Å². The Bertz CT molecular complexity index is 871. The van der Waals surface area contributed by atoms with Crippen molar-refractivity contribution in [1.82, 2.24) is 10.3 Å². The normalized spacial score (nSPS) is 10.5. The summed E-state index contributed by atoms with van der Waals surface area (Å²) in [6.07, 6.45) is 2.58. The average Bonchev–Trinajstić information content (AvgIpc) is 3.00. The first-order chi connectivity index (χ1) is 11.6. The Morgan fingerprint density at radius 2 is 1.75 bits per heavy atom. The molecule has 1 aromatic heterocycles. The van der Waals surface area contributed by atoms with E-state index in [1.807, 2.05) is 30.5 Å². The maximum absolute atomic E-state index is 11.9. The molecule has 1 heterocycles. The van der Waals surface area contributed by atoms with Crippen LogP contribution < -0.4 is 10.6 Å². The Labute approximate surface area is 147 Å². The van der Waals surface area contributed by atoms with E-state index >= 15 is 0 Å². The van der Waals surface area contributed by atoms with Gasteiger partial charge in [-0.2, -0.15) is 0 Å². The number of halogens is 1. The second kappa shape index (κ2) is 7.31. The fourth-order valence-electron chi connectivity index (χ4n) is 2.45. The number of anilines is 1. The lowest BCUT2D eigenvalue weighted by molar-refractivity contribution is -0.136. The lowest BCUT2D eigenvalue weighted by Crippen LogP contribution is -2.36. The summed E-state index contributed by atoms with van der Waals surface area (Å²) in [6.45, 7) is 0.397. The summed E-state index contributed by atoms with van der Waals surface area (Å²) in [7, 11) is 0. The highest BCUT2D eigenvalue weighted by molar-refractivity contribution is 9.10. The first-order valence-electron chi connectivity index (χ1n) is 7.53. The minimum Gasteiger partial charge on any atom is -0.361 e. The number of para-hydroxylation sites is 1. The number of H-pyrrole nitrogens is 1. The van der Waals surface area contributed by atoms with Crippen molar-refractivity contribution in [3.8, 4) is 0 Å². The van der Waals surface area contributed by atoms with Crippen LogP contribution in [0.4, 0.5) is 5.69 Å². The largest absolute Gasteiger partial charge is 0.361 e. The first-order valence-corrected chi connectivity index (χ1v) is 8.32. The van der Waals surface area contributed by atoms with Gasteiger partial charge in [-0.05, 0) is 42.3 Å². The molecular formula is C18H16BrN3O2. The van der Waals surface area contributed by atoms with Crippen LogP contribution >= 0.6 is 15.9 Å². The van der Waals surface area contributed by atoms with E-state index in [1.54, 1.807) is 24.3 Å². The van der Waals surface area contributed by atoms with Gasteiger partial charge in [-0.15, -0.1) is 0 Å². The van der Waals surface area contributed by atoms with Crippen molar-refractivity contribution in [2.75, 3.05) is 11.9 Å². The van der Waals surface area contributed by atoms with Gasteiger partial charge in [-0.1, -0.05) is 34.1 Å². The van der Waals surface area contributed by atoms with Crippen molar-refractivity contribution in [2.45, 2.75) is 6.42 Å². The van der Waals surface area contributed by atoms with Gasteiger partial charge >= 0.3 is 11.8 Å².